The van der Waals surface area contributed by atoms with Crippen LogP contribution >= 0.6 is 0 Å². The minimum absolute atomic E-state index is 0.0152. The molecule has 0 N–H and O–H groups in total. The lowest BCUT2D eigenvalue weighted by molar-refractivity contribution is -0.144. The standard InChI is InChI=1S/C19H30N2O4/c1-4-17(20(18(22)5-2)13-15-9-7-11-24-15)21(19(23)6-3)14-16-10-8-12-25-16/h5-6,15-17H,2-4,7-14H2,1H3. The van der Waals surface area contributed by atoms with E-state index in [2.05, 4.69) is 13.2 Å². The van der Waals surface area contributed by atoms with Crippen LogP contribution in [0.15, 0.2) is 25.3 Å². The van der Waals surface area contributed by atoms with Crippen LogP contribution in [0.4, 0.5) is 0 Å². The summed E-state index contributed by atoms with van der Waals surface area (Å²) in [6.07, 6.45) is 6.77. The first-order valence-electron chi connectivity index (χ1n) is 9.20. The van der Waals surface area contributed by atoms with Gasteiger partial charge in [-0.3, -0.25) is 9.59 Å². The number of nitrogens with zero attached hydrogens (tertiary/aromatic N) is 2. The summed E-state index contributed by atoms with van der Waals surface area (Å²) in [7, 11) is 0. The van der Waals surface area contributed by atoms with Gasteiger partial charge in [-0.2, -0.15) is 0 Å². The second kappa shape index (κ2) is 9.73. The molecule has 2 fully saturated rings. The molecule has 2 aliphatic heterocycles. The largest absolute Gasteiger partial charge is 0.376 e. The molecule has 0 saturated carbocycles. The molecule has 2 heterocycles. The number of hydrogen-bond acceptors (Lipinski definition) is 4. The molecule has 0 aromatic carbocycles. The lowest BCUT2D eigenvalue weighted by Crippen LogP contribution is -2.55. The Hall–Kier alpha value is -1.66. The van der Waals surface area contributed by atoms with Crippen molar-refractivity contribution < 1.29 is 19.1 Å². The van der Waals surface area contributed by atoms with E-state index in [0.717, 1.165) is 38.9 Å². The number of carbonyl (C=O) groups excluding carboxylic acids is 2. The third kappa shape index (κ3) is 5.16. The summed E-state index contributed by atoms with van der Waals surface area (Å²) < 4.78 is 11.4. The Bertz CT molecular complexity index is 440. The first-order chi connectivity index (χ1) is 12.1. The van der Waals surface area contributed by atoms with Crippen LogP contribution in [0.2, 0.25) is 0 Å². The predicted molar refractivity (Wildman–Crippen MR) is 95.8 cm³/mol. The molecule has 0 spiro atoms. The fourth-order valence-corrected chi connectivity index (χ4v) is 3.58. The van der Waals surface area contributed by atoms with Crippen LogP contribution in [-0.2, 0) is 19.1 Å². The summed E-state index contributed by atoms with van der Waals surface area (Å²) in [5.74, 6) is -0.367. The quantitative estimate of drug-likeness (QED) is 0.472. The van der Waals surface area contributed by atoms with Gasteiger partial charge >= 0.3 is 0 Å². The van der Waals surface area contributed by atoms with Crippen LogP contribution in [0.3, 0.4) is 0 Å². The zero-order valence-electron chi connectivity index (χ0n) is 15.2. The van der Waals surface area contributed by atoms with Crippen molar-refractivity contribution in [3.8, 4) is 0 Å². The van der Waals surface area contributed by atoms with E-state index in [0.29, 0.717) is 19.5 Å². The van der Waals surface area contributed by atoms with Gasteiger partial charge in [0, 0.05) is 26.3 Å². The molecule has 2 atom stereocenters. The second-order valence-corrected chi connectivity index (χ2v) is 6.55. The normalized spacial score (nSPS) is 23.9. The summed E-state index contributed by atoms with van der Waals surface area (Å²) in [6.45, 7) is 11.6. The molecule has 2 amide bonds. The predicted octanol–water partition coefficient (Wildman–Crippen LogP) is 2.11. The van der Waals surface area contributed by atoms with E-state index in [1.165, 1.54) is 12.2 Å². The Labute approximate surface area is 150 Å². The van der Waals surface area contributed by atoms with Crippen LogP contribution in [0.1, 0.15) is 39.0 Å². The van der Waals surface area contributed by atoms with E-state index in [-0.39, 0.29) is 30.2 Å². The third-order valence-electron chi connectivity index (χ3n) is 4.85. The van der Waals surface area contributed by atoms with Gasteiger partial charge in [0.2, 0.25) is 11.8 Å². The van der Waals surface area contributed by atoms with Crippen LogP contribution in [0, 0.1) is 0 Å². The molecule has 2 saturated heterocycles. The average Bonchev–Trinajstić information content (AvgIpc) is 3.32. The van der Waals surface area contributed by atoms with Gasteiger partial charge in [-0.1, -0.05) is 20.1 Å². The molecule has 0 aliphatic carbocycles. The Morgan fingerprint density at radius 1 is 1.00 bits per heavy atom. The molecule has 0 bridgehead atoms. The first kappa shape index (κ1) is 19.7. The van der Waals surface area contributed by atoms with Crippen molar-refractivity contribution in [3.05, 3.63) is 25.3 Å². The number of carbonyl (C=O) groups is 2. The minimum Gasteiger partial charge on any atom is -0.376 e. The van der Waals surface area contributed by atoms with Gasteiger partial charge in [0.05, 0.1) is 12.2 Å². The monoisotopic (exact) mass is 350 g/mol. The molecule has 6 heteroatoms. The lowest BCUT2D eigenvalue weighted by Gasteiger charge is -2.40. The van der Waals surface area contributed by atoms with E-state index in [1.54, 1.807) is 9.80 Å². The average molecular weight is 350 g/mol. The maximum absolute atomic E-state index is 12.5. The van der Waals surface area contributed by atoms with Crippen molar-refractivity contribution in [3.63, 3.8) is 0 Å². The van der Waals surface area contributed by atoms with E-state index >= 15 is 0 Å². The van der Waals surface area contributed by atoms with Gasteiger partial charge in [-0.15, -0.1) is 0 Å². The van der Waals surface area contributed by atoms with Gasteiger partial charge in [0.1, 0.15) is 6.17 Å². The Morgan fingerprint density at radius 3 is 1.72 bits per heavy atom. The van der Waals surface area contributed by atoms with E-state index < -0.39 is 0 Å². The summed E-state index contributed by atoms with van der Waals surface area (Å²) in [6, 6.07) is 0. The van der Waals surface area contributed by atoms with Crippen molar-refractivity contribution >= 4 is 11.8 Å². The highest BCUT2D eigenvalue weighted by molar-refractivity contribution is 5.90. The summed E-state index contributed by atoms with van der Waals surface area (Å²) >= 11 is 0. The summed E-state index contributed by atoms with van der Waals surface area (Å²) in [5.41, 5.74) is 0. The van der Waals surface area contributed by atoms with Crippen molar-refractivity contribution in [1.82, 2.24) is 9.80 Å². The van der Waals surface area contributed by atoms with Crippen LogP contribution in [0.25, 0.3) is 0 Å². The molecular formula is C19H30N2O4. The smallest absolute Gasteiger partial charge is 0.247 e. The van der Waals surface area contributed by atoms with Crippen molar-refractivity contribution in [2.24, 2.45) is 0 Å². The van der Waals surface area contributed by atoms with Crippen molar-refractivity contribution in [1.29, 1.82) is 0 Å². The summed E-state index contributed by atoms with van der Waals surface area (Å²) in [4.78, 5) is 28.4. The second-order valence-electron chi connectivity index (χ2n) is 6.55. The highest BCUT2D eigenvalue weighted by Crippen LogP contribution is 2.21. The number of hydrogen-bond donors (Lipinski definition) is 0. The highest BCUT2D eigenvalue weighted by atomic mass is 16.5. The Balaban J connectivity index is 2.19. The molecule has 0 aromatic heterocycles. The van der Waals surface area contributed by atoms with E-state index in [9.17, 15) is 9.59 Å². The fraction of sp³-hybridized carbons (Fsp3) is 0.684. The molecular weight excluding hydrogens is 320 g/mol. The molecule has 6 nitrogen and oxygen atoms in total. The molecule has 2 unspecified atom stereocenters. The molecule has 2 rings (SSSR count). The van der Waals surface area contributed by atoms with Gasteiger partial charge in [-0.25, -0.2) is 0 Å². The van der Waals surface area contributed by atoms with Crippen molar-refractivity contribution in [2.45, 2.75) is 57.4 Å². The molecule has 140 valence electrons. The lowest BCUT2D eigenvalue weighted by atomic mass is 10.1. The summed E-state index contributed by atoms with van der Waals surface area (Å²) in [5, 5.41) is 0. The topological polar surface area (TPSA) is 59.1 Å². The van der Waals surface area contributed by atoms with E-state index in [1.807, 2.05) is 6.92 Å². The van der Waals surface area contributed by atoms with Gasteiger partial charge in [0.25, 0.3) is 0 Å². The van der Waals surface area contributed by atoms with Crippen LogP contribution in [-0.4, -0.2) is 66.3 Å². The van der Waals surface area contributed by atoms with Gasteiger partial charge < -0.3 is 19.3 Å². The highest BCUT2D eigenvalue weighted by Gasteiger charge is 2.33. The molecule has 2 aliphatic rings. The number of ether oxygens (including phenoxy) is 2. The number of rotatable bonds is 9. The first-order valence-corrected chi connectivity index (χ1v) is 9.20. The van der Waals surface area contributed by atoms with E-state index in [4.69, 9.17) is 9.47 Å². The SMILES string of the molecule is C=CC(=O)N(CC1CCCO1)C(CC)N(CC1CCCO1)C(=O)C=C. The maximum atomic E-state index is 12.5. The fourth-order valence-electron chi connectivity index (χ4n) is 3.58. The minimum atomic E-state index is -0.357. The zero-order valence-corrected chi connectivity index (χ0v) is 15.2. The maximum Gasteiger partial charge on any atom is 0.247 e. The molecule has 0 radical (unpaired) electrons. The van der Waals surface area contributed by atoms with Gasteiger partial charge in [-0.05, 0) is 44.3 Å². The molecule has 25 heavy (non-hydrogen) atoms. The molecule has 0 aromatic rings. The Kier molecular flexibility index (Phi) is 7.65. The van der Waals surface area contributed by atoms with Crippen LogP contribution in [0.5, 0.6) is 0 Å². The Morgan fingerprint density at radius 2 is 1.44 bits per heavy atom. The third-order valence-corrected chi connectivity index (χ3v) is 4.85. The van der Waals surface area contributed by atoms with Crippen LogP contribution < -0.4 is 0 Å². The zero-order chi connectivity index (χ0) is 18.2. The van der Waals surface area contributed by atoms with Gasteiger partial charge in [0.15, 0.2) is 0 Å². The number of amides is 2. The van der Waals surface area contributed by atoms with Crippen molar-refractivity contribution in [2.75, 3.05) is 26.3 Å².